The summed E-state index contributed by atoms with van der Waals surface area (Å²) in [5.74, 6) is 0.223. The first kappa shape index (κ1) is 10.9. The minimum atomic E-state index is 0.223. The first-order chi connectivity index (χ1) is 7.68. The molecule has 0 saturated carbocycles. The first-order valence-corrected chi connectivity index (χ1v) is 5.84. The zero-order chi connectivity index (χ0) is 11.5. The van der Waals surface area contributed by atoms with E-state index in [2.05, 4.69) is 15.3 Å². The molecule has 2 rings (SSSR count). The maximum absolute atomic E-state index is 7.21. The Balaban J connectivity index is 2.22. The van der Waals surface area contributed by atoms with Gasteiger partial charge in [0.05, 0.1) is 11.4 Å². The van der Waals surface area contributed by atoms with Crippen molar-refractivity contribution in [1.29, 1.82) is 5.41 Å². The predicted octanol–water partition coefficient (Wildman–Crippen LogP) is 2.06. The molecule has 1 aromatic heterocycles. The summed E-state index contributed by atoms with van der Waals surface area (Å²) in [5, 5.41) is 9.52. The SMILES string of the molecule is CN(CCC(=N)N)c1snc2ccccc12. The van der Waals surface area contributed by atoms with Crippen LogP contribution in [-0.4, -0.2) is 23.8 Å². The molecule has 0 radical (unpaired) electrons. The average Bonchev–Trinajstić information content (AvgIpc) is 2.69. The minimum Gasteiger partial charge on any atom is -0.388 e. The zero-order valence-corrected chi connectivity index (χ0v) is 9.92. The summed E-state index contributed by atoms with van der Waals surface area (Å²) in [5.41, 5.74) is 6.38. The van der Waals surface area contributed by atoms with Gasteiger partial charge in [-0.25, -0.2) is 0 Å². The van der Waals surface area contributed by atoms with Crippen LogP contribution in [0.4, 0.5) is 5.00 Å². The Bertz CT molecular complexity index is 505. The van der Waals surface area contributed by atoms with Crippen molar-refractivity contribution >= 4 is 33.3 Å². The van der Waals surface area contributed by atoms with Crippen LogP contribution in [0.5, 0.6) is 0 Å². The van der Waals surface area contributed by atoms with Gasteiger partial charge in [-0.15, -0.1) is 0 Å². The number of rotatable bonds is 4. The summed E-state index contributed by atoms with van der Waals surface area (Å²) in [6, 6.07) is 8.08. The van der Waals surface area contributed by atoms with E-state index >= 15 is 0 Å². The van der Waals surface area contributed by atoms with E-state index in [-0.39, 0.29) is 5.84 Å². The lowest BCUT2D eigenvalue weighted by atomic mass is 10.2. The third kappa shape index (κ3) is 2.14. The molecule has 0 atom stereocenters. The molecule has 2 aromatic rings. The largest absolute Gasteiger partial charge is 0.388 e. The highest BCUT2D eigenvalue weighted by Crippen LogP contribution is 2.30. The molecule has 0 spiro atoms. The molecular weight excluding hydrogens is 220 g/mol. The summed E-state index contributed by atoms with van der Waals surface area (Å²) < 4.78 is 4.38. The Morgan fingerprint density at radius 2 is 2.25 bits per heavy atom. The second-order valence-corrected chi connectivity index (χ2v) is 4.45. The highest BCUT2D eigenvalue weighted by molar-refractivity contribution is 7.11. The van der Waals surface area contributed by atoms with E-state index < -0.39 is 0 Å². The van der Waals surface area contributed by atoms with Crippen molar-refractivity contribution in [3.05, 3.63) is 24.3 Å². The third-order valence-electron chi connectivity index (χ3n) is 2.43. The molecule has 0 saturated heterocycles. The fourth-order valence-electron chi connectivity index (χ4n) is 1.54. The summed E-state index contributed by atoms with van der Waals surface area (Å²) in [6.45, 7) is 0.752. The molecule has 3 N–H and O–H groups in total. The second-order valence-electron chi connectivity index (χ2n) is 3.70. The fourth-order valence-corrected chi connectivity index (χ4v) is 2.39. The molecule has 0 aliphatic heterocycles. The van der Waals surface area contributed by atoms with Gasteiger partial charge in [-0.1, -0.05) is 12.1 Å². The number of amidine groups is 1. The van der Waals surface area contributed by atoms with Crippen molar-refractivity contribution in [3.63, 3.8) is 0 Å². The maximum Gasteiger partial charge on any atom is 0.119 e. The molecular formula is C11H14N4S. The molecule has 1 heterocycles. The van der Waals surface area contributed by atoms with Crippen LogP contribution < -0.4 is 10.6 Å². The molecule has 4 nitrogen and oxygen atoms in total. The van der Waals surface area contributed by atoms with E-state index in [1.807, 2.05) is 25.2 Å². The van der Waals surface area contributed by atoms with Crippen molar-refractivity contribution in [2.24, 2.45) is 5.73 Å². The van der Waals surface area contributed by atoms with Gasteiger partial charge in [0.25, 0.3) is 0 Å². The summed E-state index contributed by atoms with van der Waals surface area (Å²) in [6.07, 6.45) is 0.586. The van der Waals surface area contributed by atoms with Gasteiger partial charge in [0.1, 0.15) is 5.00 Å². The molecule has 0 amide bonds. The van der Waals surface area contributed by atoms with Gasteiger partial charge in [0.15, 0.2) is 0 Å². The Kier molecular flexibility index (Phi) is 3.05. The summed E-state index contributed by atoms with van der Waals surface area (Å²) in [7, 11) is 2.00. The van der Waals surface area contributed by atoms with Crippen LogP contribution in [0.15, 0.2) is 24.3 Å². The Labute approximate surface area is 98.4 Å². The zero-order valence-electron chi connectivity index (χ0n) is 9.10. The van der Waals surface area contributed by atoms with Gasteiger partial charge in [-0.05, 0) is 23.7 Å². The lowest BCUT2D eigenvalue weighted by Crippen LogP contribution is -2.23. The monoisotopic (exact) mass is 234 g/mol. The molecule has 0 aliphatic rings. The molecule has 0 unspecified atom stereocenters. The van der Waals surface area contributed by atoms with Crippen LogP contribution in [-0.2, 0) is 0 Å². The fraction of sp³-hybridized carbons (Fsp3) is 0.273. The van der Waals surface area contributed by atoms with Crippen molar-refractivity contribution < 1.29 is 0 Å². The highest BCUT2D eigenvalue weighted by Gasteiger charge is 2.09. The first-order valence-electron chi connectivity index (χ1n) is 5.07. The number of aromatic nitrogens is 1. The van der Waals surface area contributed by atoms with E-state index in [0.717, 1.165) is 17.1 Å². The van der Waals surface area contributed by atoms with E-state index in [1.165, 1.54) is 16.9 Å². The molecule has 1 aromatic carbocycles. The Morgan fingerprint density at radius 3 is 3.00 bits per heavy atom. The molecule has 84 valence electrons. The smallest absolute Gasteiger partial charge is 0.119 e. The van der Waals surface area contributed by atoms with Crippen LogP contribution in [0.3, 0.4) is 0 Å². The number of fused-ring (bicyclic) bond motifs is 1. The molecule has 5 heteroatoms. The Hall–Kier alpha value is -1.62. The predicted molar refractivity (Wildman–Crippen MR) is 69.4 cm³/mol. The summed E-state index contributed by atoms with van der Waals surface area (Å²) in [4.78, 5) is 2.10. The van der Waals surface area contributed by atoms with Gasteiger partial charge in [-0.3, -0.25) is 5.41 Å². The number of hydrogen-bond donors (Lipinski definition) is 2. The van der Waals surface area contributed by atoms with Crippen LogP contribution in [0.25, 0.3) is 10.9 Å². The molecule has 0 fully saturated rings. The quantitative estimate of drug-likeness (QED) is 0.628. The van der Waals surface area contributed by atoms with Crippen LogP contribution in [0.2, 0.25) is 0 Å². The van der Waals surface area contributed by atoms with Gasteiger partial charge in [0, 0.05) is 25.4 Å². The summed E-state index contributed by atoms with van der Waals surface area (Å²) >= 11 is 1.49. The minimum absolute atomic E-state index is 0.223. The van der Waals surface area contributed by atoms with Gasteiger partial charge in [-0.2, -0.15) is 4.37 Å². The van der Waals surface area contributed by atoms with Gasteiger partial charge < -0.3 is 10.6 Å². The lowest BCUT2D eigenvalue weighted by molar-refractivity contribution is 0.923. The number of hydrogen-bond acceptors (Lipinski definition) is 4. The van der Waals surface area contributed by atoms with E-state index in [0.29, 0.717) is 6.42 Å². The standard InChI is InChI=1S/C11H14N4S/c1-15(7-6-10(12)13)11-8-4-2-3-5-9(8)14-16-11/h2-5H,6-7H2,1H3,(H3,12,13). The number of nitrogens with two attached hydrogens (primary N) is 1. The van der Waals surface area contributed by atoms with E-state index in [4.69, 9.17) is 11.1 Å². The van der Waals surface area contributed by atoms with Crippen LogP contribution in [0, 0.1) is 5.41 Å². The Morgan fingerprint density at radius 1 is 1.50 bits per heavy atom. The van der Waals surface area contributed by atoms with Crippen LogP contribution in [0.1, 0.15) is 6.42 Å². The molecule has 0 bridgehead atoms. The van der Waals surface area contributed by atoms with Crippen LogP contribution >= 0.6 is 11.5 Å². The topological polar surface area (TPSA) is 66.0 Å². The van der Waals surface area contributed by atoms with Gasteiger partial charge >= 0.3 is 0 Å². The van der Waals surface area contributed by atoms with E-state index in [1.54, 1.807) is 0 Å². The van der Waals surface area contributed by atoms with Crippen molar-refractivity contribution in [1.82, 2.24) is 4.37 Å². The maximum atomic E-state index is 7.21. The van der Waals surface area contributed by atoms with Gasteiger partial charge in [0.2, 0.25) is 0 Å². The number of benzene rings is 1. The second kappa shape index (κ2) is 4.49. The normalized spacial score (nSPS) is 10.6. The lowest BCUT2D eigenvalue weighted by Gasteiger charge is -2.16. The average molecular weight is 234 g/mol. The number of nitrogens with zero attached hydrogens (tertiary/aromatic N) is 2. The molecule has 16 heavy (non-hydrogen) atoms. The van der Waals surface area contributed by atoms with Crippen molar-refractivity contribution in [2.45, 2.75) is 6.42 Å². The van der Waals surface area contributed by atoms with Crippen molar-refractivity contribution in [2.75, 3.05) is 18.5 Å². The number of anilines is 1. The third-order valence-corrected chi connectivity index (χ3v) is 3.42. The number of nitrogens with one attached hydrogen (secondary N) is 1. The highest BCUT2D eigenvalue weighted by atomic mass is 32.1. The van der Waals surface area contributed by atoms with E-state index in [9.17, 15) is 0 Å². The van der Waals surface area contributed by atoms with Crippen molar-refractivity contribution in [3.8, 4) is 0 Å². The molecule has 0 aliphatic carbocycles.